The molecule has 0 unspecified atom stereocenters. The number of furan rings is 2. The summed E-state index contributed by atoms with van der Waals surface area (Å²) in [6.45, 7) is 0. The molecule has 0 atom stereocenters. The fraction of sp³-hybridized carbons (Fsp3) is 0.0182. The Bertz CT molecular complexity index is 3510. The first-order valence-corrected chi connectivity index (χ1v) is 20.2. The third-order valence-electron chi connectivity index (χ3n) is 11.8. The second kappa shape index (κ2) is 13.4. The van der Waals surface area contributed by atoms with Gasteiger partial charge >= 0.3 is 0 Å². The molecule has 278 valence electrons. The van der Waals surface area contributed by atoms with Crippen molar-refractivity contribution in [2.45, 2.75) is 6.42 Å². The van der Waals surface area contributed by atoms with Crippen LogP contribution < -0.4 is 4.90 Å². The van der Waals surface area contributed by atoms with Gasteiger partial charge in [0.1, 0.15) is 22.3 Å². The molecule has 4 nitrogen and oxygen atoms in total. The van der Waals surface area contributed by atoms with E-state index in [1.807, 2.05) is 6.07 Å². The Morgan fingerprint density at radius 1 is 0.458 bits per heavy atom. The summed E-state index contributed by atoms with van der Waals surface area (Å²) in [4.78, 5) is 2.31. The van der Waals surface area contributed by atoms with Crippen LogP contribution in [0.15, 0.2) is 221 Å². The Morgan fingerprint density at radius 3 is 1.90 bits per heavy atom. The van der Waals surface area contributed by atoms with Crippen molar-refractivity contribution in [2.75, 3.05) is 4.90 Å². The maximum atomic E-state index is 7.00. The second-order valence-corrected chi connectivity index (χ2v) is 15.2. The summed E-state index contributed by atoms with van der Waals surface area (Å²) in [6.07, 6.45) is 11.7. The largest absolute Gasteiger partial charge is 0.455 e. The van der Waals surface area contributed by atoms with E-state index in [1.54, 1.807) is 0 Å². The highest BCUT2D eigenvalue weighted by atomic mass is 16.3. The fourth-order valence-electron chi connectivity index (χ4n) is 9.13. The van der Waals surface area contributed by atoms with E-state index < -0.39 is 0 Å². The number of aromatic nitrogens is 1. The molecule has 0 saturated carbocycles. The molecule has 1 aliphatic rings. The number of hydrogen-bond acceptors (Lipinski definition) is 3. The number of allylic oxidation sites excluding steroid dienone is 5. The summed E-state index contributed by atoms with van der Waals surface area (Å²) in [5.74, 6) is 0. The van der Waals surface area contributed by atoms with Gasteiger partial charge < -0.3 is 18.3 Å². The topological polar surface area (TPSA) is 34.5 Å². The van der Waals surface area contributed by atoms with Gasteiger partial charge in [-0.05, 0) is 84.3 Å². The highest BCUT2D eigenvalue weighted by Crippen LogP contribution is 2.44. The Hall–Kier alpha value is -7.82. The average molecular weight is 757 g/mol. The zero-order chi connectivity index (χ0) is 38.9. The first-order chi connectivity index (χ1) is 29.3. The van der Waals surface area contributed by atoms with Crippen molar-refractivity contribution in [2.24, 2.45) is 0 Å². The number of rotatable bonds is 6. The van der Waals surface area contributed by atoms with Gasteiger partial charge in [-0.2, -0.15) is 0 Å². The number of nitrogens with zero attached hydrogens (tertiary/aromatic N) is 2. The Labute approximate surface area is 340 Å². The van der Waals surface area contributed by atoms with Crippen molar-refractivity contribution < 1.29 is 8.83 Å². The summed E-state index contributed by atoms with van der Waals surface area (Å²) >= 11 is 0. The van der Waals surface area contributed by atoms with Crippen LogP contribution in [0.1, 0.15) is 6.42 Å². The molecule has 3 heterocycles. The van der Waals surface area contributed by atoms with E-state index in [4.69, 9.17) is 8.83 Å². The maximum absolute atomic E-state index is 7.00. The Balaban J connectivity index is 1.00. The van der Waals surface area contributed by atoms with Crippen LogP contribution in [0.2, 0.25) is 0 Å². The minimum Gasteiger partial charge on any atom is -0.455 e. The monoisotopic (exact) mass is 756 g/mol. The molecular weight excluding hydrogens is 721 g/mol. The van der Waals surface area contributed by atoms with E-state index >= 15 is 0 Å². The van der Waals surface area contributed by atoms with Gasteiger partial charge in [0, 0.05) is 60.8 Å². The van der Waals surface area contributed by atoms with Gasteiger partial charge in [-0.15, -0.1) is 0 Å². The van der Waals surface area contributed by atoms with Crippen molar-refractivity contribution in [3.63, 3.8) is 0 Å². The fourth-order valence-corrected chi connectivity index (χ4v) is 9.13. The minimum absolute atomic E-state index is 0.879. The van der Waals surface area contributed by atoms with Crippen LogP contribution in [0.3, 0.4) is 0 Å². The van der Waals surface area contributed by atoms with E-state index in [0.29, 0.717) is 0 Å². The number of fused-ring (bicyclic) bond motifs is 10. The molecule has 0 amide bonds. The van der Waals surface area contributed by atoms with Gasteiger partial charge in [-0.1, -0.05) is 140 Å². The third kappa shape index (κ3) is 5.30. The summed E-state index contributed by atoms with van der Waals surface area (Å²) in [5, 5.41) is 6.72. The van der Waals surface area contributed by atoms with E-state index in [-0.39, 0.29) is 0 Å². The van der Waals surface area contributed by atoms with Gasteiger partial charge in [0.05, 0.1) is 16.4 Å². The van der Waals surface area contributed by atoms with E-state index in [0.717, 1.165) is 117 Å². The molecular formula is C55H36N2O2. The Kier molecular flexibility index (Phi) is 7.57. The van der Waals surface area contributed by atoms with Crippen molar-refractivity contribution in [1.82, 2.24) is 4.57 Å². The summed E-state index contributed by atoms with van der Waals surface area (Å²) in [7, 11) is 0. The third-order valence-corrected chi connectivity index (χ3v) is 11.8. The van der Waals surface area contributed by atoms with Crippen LogP contribution in [0.25, 0.3) is 93.6 Å². The van der Waals surface area contributed by atoms with Crippen molar-refractivity contribution in [3.8, 4) is 27.9 Å². The molecule has 0 aliphatic heterocycles. The summed E-state index contributed by atoms with van der Waals surface area (Å²) in [6, 6.07) is 62.5. The van der Waals surface area contributed by atoms with E-state index in [1.165, 1.54) is 0 Å². The Morgan fingerprint density at radius 2 is 1.10 bits per heavy atom. The molecule has 0 fully saturated rings. The van der Waals surface area contributed by atoms with Gasteiger partial charge in [-0.25, -0.2) is 0 Å². The zero-order valence-corrected chi connectivity index (χ0v) is 32.0. The molecule has 8 aromatic carbocycles. The molecule has 12 rings (SSSR count). The normalized spacial score (nSPS) is 13.0. The highest BCUT2D eigenvalue weighted by molar-refractivity contribution is 6.24. The van der Waals surface area contributed by atoms with Crippen LogP contribution in [0.4, 0.5) is 11.4 Å². The zero-order valence-electron chi connectivity index (χ0n) is 32.0. The number of para-hydroxylation sites is 5. The highest BCUT2D eigenvalue weighted by Gasteiger charge is 2.21. The van der Waals surface area contributed by atoms with E-state index in [2.05, 4.69) is 210 Å². The van der Waals surface area contributed by atoms with Crippen LogP contribution in [-0.2, 0) is 0 Å². The number of hydrogen-bond donors (Lipinski definition) is 0. The molecule has 0 bridgehead atoms. The molecule has 1 aliphatic carbocycles. The van der Waals surface area contributed by atoms with Crippen molar-refractivity contribution in [3.05, 3.63) is 212 Å². The predicted octanol–water partition coefficient (Wildman–Crippen LogP) is 15.5. The van der Waals surface area contributed by atoms with Gasteiger partial charge in [0.15, 0.2) is 0 Å². The molecule has 0 radical (unpaired) electrons. The molecule has 59 heavy (non-hydrogen) atoms. The predicted molar refractivity (Wildman–Crippen MR) is 246 cm³/mol. The first-order valence-electron chi connectivity index (χ1n) is 20.2. The van der Waals surface area contributed by atoms with Crippen LogP contribution in [0, 0.1) is 0 Å². The molecule has 11 aromatic rings. The van der Waals surface area contributed by atoms with E-state index in [9.17, 15) is 0 Å². The SMILES string of the molecule is C1=CCC=C(N(c2ccccc2)c2ccc(-c3cccc4c3oc3c(-c5ccc6c7c8oc9ccccc9c8ccc7n(-c7ccccc7)c6c5)cccc34)cc2)C=C1. The number of benzene rings is 8. The lowest BCUT2D eigenvalue weighted by Crippen LogP contribution is -2.15. The van der Waals surface area contributed by atoms with Gasteiger partial charge in [-0.3, -0.25) is 0 Å². The quantitative estimate of drug-likeness (QED) is 0.169. The smallest absolute Gasteiger partial charge is 0.145 e. The van der Waals surface area contributed by atoms with Gasteiger partial charge in [0.2, 0.25) is 0 Å². The lowest BCUT2D eigenvalue weighted by atomic mass is 9.99. The van der Waals surface area contributed by atoms with Crippen LogP contribution in [0.5, 0.6) is 0 Å². The van der Waals surface area contributed by atoms with Crippen molar-refractivity contribution >= 4 is 77.1 Å². The maximum Gasteiger partial charge on any atom is 0.145 e. The average Bonchev–Trinajstić information content (AvgIpc) is 3.89. The lowest BCUT2D eigenvalue weighted by molar-refractivity contribution is 0.671. The molecule has 0 spiro atoms. The molecule has 0 saturated heterocycles. The lowest BCUT2D eigenvalue weighted by Gasteiger charge is -2.26. The minimum atomic E-state index is 0.879. The molecule has 3 aromatic heterocycles. The van der Waals surface area contributed by atoms with Crippen LogP contribution >= 0.6 is 0 Å². The molecule has 4 heteroatoms. The first kappa shape index (κ1) is 33.3. The molecule has 0 N–H and O–H groups in total. The second-order valence-electron chi connectivity index (χ2n) is 15.2. The van der Waals surface area contributed by atoms with Crippen LogP contribution in [-0.4, -0.2) is 4.57 Å². The number of anilines is 2. The summed E-state index contributed by atoms with van der Waals surface area (Å²) < 4.78 is 16.0. The van der Waals surface area contributed by atoms with Crippen molar-refractivity contribution in [1.29, 1.82) is 0 Å². The standard InChI is InChI=1S/C55H36N2O2/c1-2-6-16-38(15-5-1)56(39-17-7-3-8-18-39)41-30-27-36(28-31-41)42-22-13-24-45-46-25-14-23-43(54(46)59-53(42)45)37-29-32-48-50(35-37)57(40-19-9-4-10-20-40)49-34-33-47-44-21-11-12-26-51(44)58-55(47)52(48)49/h1-5,7-35H,6H2. The summed E-state index contributed by atoms with van der Waals surface area (Å²) in [5.41, 5.74) is 14.6. The van der Waals surface area contributed by atoms with Gasteiger partial charge in [0.25, 0.3) is 0 Å².